The van der Waals surface area contributed by atoms with E-state index in [1.807, 2.05) is 27.7 Å². The second-order valence-electron chi connectivity index (χ2n) is 6.51. The molecule has 1 atom stereocenters. The van der Waals surface area contributed by atoms with E-state index in [2.05, 4.69) is 4.99 Å². The maximum atomic E-state index is 14.5. The quantitative estimate of drug-likeness (QED) is 0.439. The molecule has 1 N–H and O–H groups in total. The normalized spacial score (nSPS) is 17.7. The van der Waals surface area contributed by atoms with Crippen molar-refractivity contribution in [3.8, 4) is 0 Å². The summed E-state index contributed by atoms with van der Waals surface area (Å²) in [7, 11) is 0. The summed E-state index contributed by atoms with van der Waals surface area (Å²) in [6.45, 7) is 9.40. The Bertz CT molecular complexity index is 938. The third kappa shape index (κ3) is 5.97. The lowest BCUT2D eigenvalue weighted by atomic mass is 9.77. The lowest BCUT2D eigenvalue weighted by Crippen LogP contribution is -2.43. The van der Waals surface area contributed by atoms with E-state index >= 15 is 0 Å². The number of aryl methyl sites for hydroxylation is 1. The Morgan fingerprint density at radius 3 is 2.06 bits per heavy atom. The predicted octanol–water partition coefficient (Wildman–Crippen LogP) is 8.01. The first-order valence-corrected chi connectivity index (χ1v) is 11.1. The Morgan fingerprint density at radius 1 is 1.06 bits per heavy atom. The Hall–Kier alpha value is -1.69. The van der Waals surface area contributed by atoms with Crippen molar-refractivity contribution in [2.24, 2.45) is 4.99 Å². The van der Waals surface area contributed by atoms with E-state index in [-0.39, 0.29) is 34.1 Å². The average Bonchev–Trinajstić information content (AvgIpc) is 3.17. The van der Waals surface area contributed by atoms with E-state index in [0.29, 0.717) is 16.8 Å². The maximum Gasteiger partial charge on any atom is 0.335 e. The minimum atomic E-state index is -3.59. The largest absolute Gasteiger partial charge is 0.478 e. The summed E-state index contributed by atoms with van der Waals surface area (Å²) in [6.07, 6.45) is -0.133. The summed E-state index contributed by atoms with van der Waals surface area (Å²) >= 11 is 17.5. The van der Waals surface area contributed by atoms with Gasteiger partial charge < -0.3 is 5.11 Å². The Balaban J connectivity index is 0.00000113. The number of halogens is 5. The van der Waals surface area contributed by atoms with Gasteiger partial charge in [0.15, 0.2) is 0 Å². The number of alkyl halides is 3. The number of carboxylic acid groups (broad SMARTS) is 1. The van der Waals surface area contributed by atoms with Crippen LogP contribution in [-0.4, -0.2) is 28.7 Å². The Kier molecular flexibility index (Phi) is 9.93. The average molecular weight is 493 g/mol. The second kappa shape index (κ2) is 11.3. The molecule has 0 saturated carbocycles. The molecule has 1 aliphatic rings. The number of carbonyl (C=O) groups is 1. The van der Waals surface area contributed by atoms with Gasteiger partial charge >= 0.3 is 11.4 Å². The van der Waals surface area contributed by atoms with Crippen LogP contribution in [0.15, 0.2) is 41.4 Å². The van der Waals surface area contributed by atoms with Gasteiger partial charge in [-0.05, 0) is 65.5 Å². The van der Waals surface area contributed by atoms with E-state index in [0.717, 1.165) is 0 Å². The SMILES string of the molecule is CC.CC.Cc1cc(C2=NCC(c3cc(Cl)cc(Cl)c3)(C(F)(F)Cl)C2)ccc1C(=O)O. The van der Waals surface area contributed by atoms with Crippen LogP contribution in [-0.2, 0) is 5.41 Å². The fraction of sp³-hybridized carbons (Fsp3) is 0.391. The van der Waals surface area contributed by atoms with E-state index in [9.17, 15) is 13.6 Å². The second-order valence-corrected chi connectivity index (χ2v) is 7.86. The van der Waals surface area contributed by atoms with Gasteiger partial charge in [-0.25, -0.2) is 4.79 Å². The van der Waals surface area contributed by atoms with E-state index < -0.39 is 16.8 Å². The third-order valence-corrected chi connectivity index (χ3v) is 5.56. The number of carboxylic acids is 1. The smallest absolute Gasteiger partial charge is 0.335 e. The minimum absolute atomic E-state index is 0.133. The van der Waals surface area contributed by atoms with Gasteiger partial charge in [0.25, 0.3) is 0 Å². The standard InChI is InChI=1S/C19H14Cl3F2NO2.2C2H6/c1-10-4-11(2-3-15(10)17(26)27)16-8-18(9-25-16,19(22,23)24)12-5-13(20)7-14(21)6-12;2*1-2/h2-7H,8-9H2,1H3,(H,26,27);2*1-2H3. The number of aliphatic imine (C=N–C) groups is 1. The number of rotatable bonds is 4. The van der Waals surface area contributed by atoms with Gasteiger partial charge in [-0.2, -0.15) is 8.78 Å². The highest BCUT2D eigenvalue weighted by Crippen LogP contribution is 2.50. The molecule has 0 spiro atoms. The molecule has 2 aromatic carbocycles. The minimum Gasteiger partial charge on any atom is -0.478 e. The van der Waals surface area contributed by atoms with Crippen LogP contribution in [0.5, 0.6) is 0 Å². The van der Waals surface area contributed by atoms with Gasteiger partial charge in [-0.1, -0.05) is 57.0 Å². The lowest BCUT2D eigenvalue weighted by Gasteiger charge is -2.33. The molecule has 3 rings (SSSR count). The number of nitrogens with zero attached hydrogens (tertiary/aromatic N) is 1. The van der Waals surface area contributed by atoms with Gasteiger partial charge in [-0.3, -0.25) is 4.99 Å². The lowest BCUT2D eigenvalue weighted by molar-refractivity contribution is 0.0140. The number of hydrogen-bond acceptors (Lipinski definition) is 2. The van der Waals surface area contributed by atoms with Crippen LogP contribution >= 0.6 is 34.8 Å². The summed E-state index contributed by atoms with van der Waals surface area (Å²) in [5.41, 5.74) is 0.0756. The molecule has 0 saturated heterocycles. The van der Waals surface area contributed by atoms with Gasteiger partial charge in [0, 0.05) is 22.2 Å². The van der Waals surface area contributed by atoms with Crippen molar-refractivity contribution >= 4 is 46.5 Å². The van der Waals surface area contributed by atoms with Crippen LogP contribution in [0.2, 0.25) is 10.0 Å². The molecule has 0 amide bonds. The molecule has 0 bridgehead atoms. The summed E-state index contributed by atoms with van der Waals surface area (Å²) in [5, 5.41) is 6.00. The van der Waals surface area contributed by atoms with Crippen LogP contribution in [0.4, 0.5) is 8.78 Å². The van der Waals surface area contributed by atoms with Crippen LogP contribution in [0.25, 0.3) is 0 Å². The molecule has 1 aliphatic heterocycles. The van der Waals surface area contributed by atoms with Crippen molar-refractivity contribution in [3.05, 3.63) is 68.7 Å². The Labute approximate surface area is 197 Å². The first kappa shape index (κ1) is 27.3. The van der Waals surface area contributed by atoms with Gasteiger partial charge in [0.05, 0.1) is 17.5 Å². The molecule has 3 nitrogen and oxygen atoms in total. The molecule has 170 valence electrons. The highest BCUT2D eigenvalue weighted by Gasteiger charge is 2.56. The molecular weight excluding hydrogens is 467 g/mol. The predicted molar refractivity (Wildman–Crippen MR) is 126 cm³/mol. The van der Waals surface area contributed by atoms with E-state index in [1.165, 1.54) is 24.3 Å². The van der Waals surface area contributed by atoms with E-state index in [1.54, 1.807) is 19.1 Å². The summed E-state index contributed by atoms with van der Waals surface area (Å²) in [4.78, 5) is 15.5. The van der Waals surface area contributed by atoms with Gasteiger partial charge in [0.1, 0.15) is 0 Å². The monoisotopic (exact) mass is 491 g/mol. The first-order valence-electron chi connectivity index (χ1n) is 9.94. The van der Waals surface area contributed by atoms with Crippen LogP contribution in [0.3, 0.4) is 0 Å². The summed E-state index contributed by atoms with van der Waals surface area (Å²) < 4.78 is 29.0. The van der Waals surface area contributed by atoms with Crippen molar-refractivity contribution in [3.63, 3.8) is 0 Å². The summed E-state index contributed by atoms with van der Waals surface area (Å²) in [6, 6.07) is 8.91. The number of benzene rings is 2. The van der Waals surface area contributed by atoms with Crippen molar-refractivity contribution in [2.75, 3.05) is 6.54 Å². The van der Waals surface area contributed by atoms with Crippen molar-refractivity contribution in [1.82, 2.24) is 0 Å². The maximum absolute atomic E-state index is 14.5. The van der Waals surface area contributed by atoms with Crippen LogP contribution in [0.1, 0.15) is 61.2 Å². The first-order chi connectivity index (χ1) is 14.5. The molecule has 2 aromatic rings. The highest BCUT2D eigenvalue weighted by molar-refractivity contribution is 6.34. The Morgan fingerprint density at radius 2 is 1.61 bits per heavy atom. The fourth-order valence-corrected chi connectivity index (χ4v) is 4.04. The topological polar surface area (TPSA) is 49.7 Å². The van der Waals surface area contributed by atoms with Crippen molar-refractivity contribution in [2.45, 2.75) is 51.8 Å². The van der Waals surface area contributed by atoms with Crippen molar-refractivity contribution in [1.29, 1.82) is 0 Å². The molecule has 8 heteroatoms. The molecular formula is C23H26Cl3F2NO2. The fourth-order valence-electron chi connectivity index (χ4n) is 3.28. The molecule has 0 aromatic heterocycles. The number of aromatic carboxylic acids is 1. The molecule has 31 heavy (non-hydrogen) atoms. The highest BCUT2D eigenvalue weighted by atomic mass is 35.5. The molecule has 1 heterocycles. The molecule has 0 aliphatic carbocycles. The van der Waals surface area contributed by atoms with Crippen molar-refractivity contribution < 1.29 is 18.7 Å². The van der Waals surface area contributed by atoms with Crippen LogP contribution < -0.4 is 0 Å². The zero-order valence-electron chi connectivity index (χ0n) is 18.1. The number of hydrogen-bond donors (Lipinski definition) is 1. The zero-order valence-corrected chi connectivity index (χ0v) is 20.3. The molecule has 1 unspecified atom stereocenters. The molecule has 0 fully saturated rings. The molecule has 0 radical (unpaired) electrons. The third-order valence-electron chi connectivity index (χ3n) is 4.76. The zero-order chi connectivity index (χ0) is 24.0. The van der Waals surface area contributed by atoms with Crippen LogP contribution in [0, 0.1) is 6.92 Å². The van der Waals surface area contributed by atoms with E-state index in [4.69, 9.17) is 39.9 Å². The summed E-state index contributed by atoms with van der Waals surface area (Å²) in [5.74, 6) is -1.05. The van der Waals surface area contributed by atoms with Gasteiger partial charge in [-0.15, -0.1) is 0 Å². The van der Waals surface area contributed by atoms with Gasteiger partial charge in [0.2, 0.25) is 0 Å².